The molecule has 1 rings (SSSR count). The second-order valence-corrected chi connectivity index (χ2v) is 6.87. The van der Waals surface area contributed by atoms with Gasteiger partial charge in [-0.15, -0.1) is 0 Å². The fourth-order valence-electron chi connectivity index (χ4n) is 1.80. The number of hydrogen-bond acceptors (Lipinski definition) is 4. The van der Waals surface area contributed by atoms with Crippen molar-refractivity contribution >= 4 is 10.0 Å². The molecule has 1 heterocycles. The average Bonchev–Trinajstić information content (AvgIpc) is 2.76. The highest BCUT2D eigenvalue weighted by Crippen LogP contribution is 2.15. The number of rotatable bonds is 8. The van der Waals surface area contributed by atoms with Crippen LogP contribution in [0, 0.1) is 5.92 Å². The van der Waals surface area contributed by atoms with Crippen LogP contribution in [0.3, 0.4) is 0 Å². The van der Waals surface area contributed by atoms with Gasteiger partial charge in [0, 0.05) is 6.04 Å². The summed E-state index contributed by atoms with van der Waals surface area (Å²) in [5.41, 5.74) is 0. The van der Waals surface area contributed by atoms with Crippen LogP contribution in [0.2, 0.25) is 0 Å². The van der Waals surface area contributed by atoms with Gasteiger partial charge in [-0.1, -0.05) is 26.7 Å². The van der Waals surface area contributed by atoms with Gasteiger partial charge in [0.25, 0.3) is 10.0 Å². The summed E-state index contributed by atoms with van der Waals surface area (Å²) in [6, 6.07) is 2.68. The van der Waals surface area contributed by atoms with Crippen molar-refractivity contribution in [1.29, 1.82) is 0 Å². The largest absolute Gasteiger partial charge is 0.446 e. The van der Waals surface area contributed by atoms with Gasteiger partial charge in [-0.25, -0.2) is 13.1 Å². The van der Waals surface area contributed by atoms with Crippen molar-refractivity contribution < 1.29 is 17.9 Å². The Morgan fingerprint density at radius 1 is 1.26 bits per heavy atom. The lowest BCUT2D eigenvalue weighted by Crippen LogP contribution is -2.32. The van der Waals surface area contributed by atoms with Crippen LogP contribution >= 0.6 is 0 Å². The highest BCUT2D eigenvalue weighted by Gasteiger charge is 2.21. The van der Waals surface area contributed by atoms with Crippen LogP contribution in [0.5, 0.6) is 0 Å². The highest BCUT2D eigenvalue weighted by molar-refractivity contribution is 7.89. The third-order valence-electron chi connectivity index (χ3n) is 2.83. The van der Waals surface area contributed by atoms with Gasteiger partial charge in [-0.2, -0.15) is 0 Å². The van der Waals surface area contributed by atoms with Gasteiger partial charge < -0.3 is 9.52 Å². The van der Waals surface area contributed by atoms with Gasteiger partial charge in [-0.05, 0) is 31.4 Å². The fraction of sp³-hybridized carbons (Fsp3) is 0.692. The van der Waals surface area contributed by atoms with E-state index in [1.54, 1.807) is 0 Å². The van der Waals surface area contributed by atoms with Gasteiger partial charge in [0.2, 0.25) is 5.09 Å². The second kappa shape index (κ2) is 7.07. The van der Waals surface area contributed by atoms with Crippen molar-refractivity contribution in [2.75, 3.05) is 0 Å². The molecule has 1 atom stereocenters. The van der Waals surface area contributed by atoms with Crippen molar-refractivity contribution in [3.63, 3.8) is 0 Å². The number of nitrogens with one attached hydrogen (secondary N) is 1. The third kappa shape index (κ3) is 5.34. The molecule has 0 aliphatic heterocycles. The zero-order valence-electron chi connectivity index (χ0n) is 11.7. The molecule has 0 aromatic carbocycles. The van der Waals surface area contributed by atoms with E-state index in [-0.39, 0.29) is 23.5 Å². The molecule has 0 fully saturated rings. The predicted octanol–water partition coefficient (Wildman–Crippen LogP) is 2.27. The third-order valence-corrected chi connectivity index (χ3v) is 4.29. The van der Waals surface area contributed by atoms with Crippen molar-refractivity contribution in [3.8, 4) is 0 Å². The van der Waals surface area contributed by atoms with E-state index in [4.69, 9.17) is 9.52 Å². The normalized spacial score (nSPS) is 13.9. The molecule has 0 saturated carbocycles. The Balaban J connectivity index is 2.54. The summed E-state index contributed by atoms with van der Waals surface area (Å²) in [4.78, 5) is 0. The molecule has 0 amide bonds. The van der Waals surface area contributed by atoms with E-state index in [1.807, 2.05) is 6.92 Å². The van der Waals surface area contributed by atoms with Crippen LogP contribution in [0.25, 0.3) is 0 Å². The molecule has 5 nitrogen and oxygen atoms in total. The average molecular weight is 289 g/mol. The minimum absolute atomic E-state index is 0.133. The van der Waals surface area contributed by atoms with Crippen LogP contribution in [0.4, 0.5) is 0 Å². The first-order valence-corrected chi connectivity index (χ1v) is 8.05. The molecule has 0 spiro atoms. The zero-order chi connectivity index (χ0) is 14.5. The molecular weight excluding hydrogens is 266 g/mol. The Morgan fingerprint density at radius 2 is 1.95 bits per heavy atom. The quantitative estimate of drug-likeness (QED) is 0.769. The van der Waals surface area contributed by atoms with Crippen LogP contribution in [-0.4, -0.2) is 19.6 Å². The minimum atomic E-state index is -3.63. The first-order valence-electron chi connectivity index (χ1n) is 6.57. The monoisotopic (exact) mass is 289 g/mol. The Hall–Kier alpha value is -0.850. The molecule has 0 saturated heterocycles. The van der Waals surface area contributed by atoms with E-state index < -0.39 is 10.0 Å². The molecule has 1 unspecified atom stereocenters. The smallest absolute Gasteiger partial charge is 0.274 e. The maximum Gasteiger partial charge on any atom is 0.274 e. The zero-order valence-corrected chi connectivity index (χ0v) is 12.5. The lowest BCUT2D eigenvalue weighted by atomic mass is 10.0. The standard InChI is InChI=1S/C13H23NO4S/c1-10(2)5-4-6-11(3)14-19(16,17)13-8-7-12(9-15)18-13/h7-8,10-11,14-15H,4-6,9H2,1-3H3. The highest BCUT2D eigenvalue weighted by atomic mass is 32.2. The molecule has 1 aromatic heterocycles. The second-order valence-electron chi connectivity index (χ2n) is 5.23. The maximum absolute atomic E-state index is 12.0. The molecule has 0 aliphatic carbocycles. The molecule has 2 N–H and O–H groups in total. The molecular formula is C13H23NO4S. The summed E-state index contributed by atoms with van der Waals surface area (Å²) in [5.74, 6) is 0.869. The SMILES string of the molecule is CC(C)CCCC(C)NS(=O)(=O)c1ccc(CO)o1. The topological polar surface area (TPSA) is 79.5 Å². The molecule has 0 bridgehead atoms. The molecule has 1 aromatic rings. The molecule has 6 heteroatoms. The van der Waals surface area contributed by atoms with Gasteiger partial charge in [0.1, 0.15) is 12.4 Å². The minimum Gasteiger partial charge on any atom is -0.446 e. The fourth-order valence-corrected chi connectivity index (χ4v) is 3.03. The Morgan fingerprint density at radius 3 is 2.47 bits per heavy atom. The van der Waals surface area contributed by atoms with Crippen LogP contribution in [0.15, 0.2) is 21.6 Å². The van der Waals surface area contributed by atoms with E-state index in [1.165, 1.54) is 12.1 Å². The van der Waals surface area contributed by atoms with Crippen LogP contribution in [-0.2, 0) is 16.6 Å². The van der Waals surface area contributed by atoms with Gasteiger partial charge in [-0.3, -0.25) is 0 Å². The lowest BCUT2D eigenvalue weighted by Gasteiger charge is -2.13. The number of sulfonamides is 1. The number of aliphatic hydroxyl groups is 1. The summed E-state index contributed by atoms with van der Waals surface area (Å²) in [6.07, 6.45) is 2.87. The van der Waals surface area contributed by atoms with Gasteiger partial charge in [0.05, 0.1) is 0 Å². The summed E-state index contributed by atoms with van der Waals surface area (Å²) >= 11 is 0. The van der Waals surface area contributed by atoms with Crippen molar-refractivity contribution in [3.05, 3.63) is 17.9 Å². The summed E-state index contributed by atoms with van der Waals surface area (Å²) < 4.78 is 31.6. The van der Waals surface area contributed by atoms with Crippen LogP contribution in [0.1, 0.15) is 45.8 Å². The number of hydrogen-bond donors (Lipinski definition) is 2. The summed E-state index contributed by atoms with van der Waals surface area (Å²) in [5, 5.41) is 8.71. The Kier molecular flexibility index (Phi) is 6.03. The van der Waals surface area contributed by atoms with Gasteiger partial charge in [0.15, 0.2) is 0 Å². The summed E-state index contributed by atoms with van der Waals surface area (Å²) in [7, 11) is -3.63. The van der Waals surface area contributed by atoms with Gasteiger partial charge >= 0.3 is 0 Å². The van der Waals surface area contributed by atoms with Crippen LogP contribution < -0.4 is 4.72 Å². The molecule has 0 aliphatic rings. The van der Waals surface area contributed by atoms with E-state index in [0.717, 1.165) is 19.3 Å². The maximum atomic E-state index is 12.0. The Labute approximate surface area is 115 Å². The molecule has 110 valence electrons. The Bertz CT molecular complexity index is 479. The van der Waals surface area contributed by atoms with Crippen molar-refractivity contribution in [1.82, 2.24) is 4.72 Å². The van der Waals surface area contributed by atoms with E-state index >= 15 is 0 Å². The number of aliphatic hydroxyl groups excluding tert-OH is 1. The van der Waals surface area contributed by atoms with E-state index in [9.17, 15) is 8.42 Å². The first-order chi connectivity index (χ1) is 8.85. The van der Waals surface area contributed by atoms with Crippen molar-refractivity contribution in [2.45, 2.75) is 57.8 Å². The molecule has 19 heavy (non-hydrogen) atoms. The number of furan rings is 1. The predicted molar refractivity (Wildman–Crippen MR) is 73.1 cm³/mol. The van der Waals surface area contributed by atoms with Crippen molar-refractivity contribution in [2.24, 2.45) is 5.92 Å². The summed E-state index contributed by atoms with van der Waals surface area (Å²) in [6.45, 7) is 5.83. The first kappa shape index (κ1) is 16.2. The lowest BCUT2D eigenvalue weighted by molar-refractivity contribution is 0.236. The van der Waals surface area contributed by atoms with E-state index in [0.29, 0.717) is 5.92 Å². The van der Waals surface area contributed by atoms with E-state index in [2.05, 4.69) is 18.6 Å². The molecule has 0 radical (unpaired) electrons.